The van der Waals surface area contributed by atoms with Gasteiger partial charge in [-0.05, 0) is 180 Å². The number of hydrogen-bond acceptors (Lipinski definition) is 9. The number of nitrogens with zero attached hydrogens (tertiary/aromatic N) is 9. The van der Waals surface area contributed by atoms with E-state index in [1.54, 1.807) is 37.2 Å². The Balaban J connectivity index is 0.000000180. The van der Waals surface area contributed by atoms with E-state index in [9.17, 15) is 0 Å². The van der Waals surface area contributed by atoms with Crippen molar-refractivity contribution in [2.24, 2.45) is 0 Å². The van der Waals surface area contributed by atoms with E-state index in [0.29, 0.717) is 0 Å². The molecular weight excluding hydrogens is 843 g/mol. The molecule has 9 nitrogen and oxygen atoms in total. The summed E-state index contributed by atoms with van der Waals surface area (Å²) in [7, 11) is 0. The summed E-state index contributed by atoms with van der Waals surface area (Å²) in [5.74, 6) is 0. The topological polar surface area (TPSA) is 116 Å². The fourth-order valence-corrected chi connectivity index (χ4v) is 6.10. The van der Waals surface area contributed by atoms with Crippen molar-refractivity contribution in [2.75, 3.05) is 0 Å². The molecule has 0 spiro atoms. The summed E-state index contributed by atoms with van der Waals surface area (Å²) in [6, 6.07) is 36.0. The molecule has 9 rings (SSSR count). The van der Waals surface area contributed by atoms with Crippen molar-refractivity contribution in [3.05, 3.63) is 241 Å². The summed E-state index contributed by atoms with van der Waals surface area (Å²) in [6.07, 6.45) is 34.0. The molecule has 0 saturated carbocycles. The predicted molar refractivity (Wildman–Crippen MR) is 263 cm³/mol. The maximum absolute atomic E-state index is 4.40. The smallest absolute Gasteiger partial charge is 0.0892 e. The van der Waals surface area contributed by atoms with Crippen LogP contribution in [0.25, 0.3) is 70.6 Å². The first-order chi connectivity index (χ1) is 30.9. The van der Waals surface area contributed by atoms with Crippen LogP contribution in [0.4, 0.5) is 0 Å². The molecule has 9 aromatic heterocycles. The van der Waals surface area contributed by atoms with E-state index in [-0.39, 0.29) is 24.5 Å². The Labute approximate surface area is 392 Å². The zero-order chi connectivity index (χ0) is 43.5. The van der Waals surface area contributed by atoms with Gasteiger partial charge in [0.2, 0.25) is 0 Å². The van der Waals surface area contributed by atoms with Crippen LogP contribution in [0.15, 0.2) is 184 Å². The fourth-order valence-electron chi connectivity index (χ4n) is 6.10. The predicted octanol–water partition coefficient (Wildman–Crippen LogP) is 12.5. The number of aromatic nitrogens is 9. The minimum atomic E-state index is 0. The fraction of sp³-hybridized carbons (Fsp3) is 0.0545. The van der Waals surface area contributed by atoms with Crippen molar-refractivity contribution in [1.29, 1.82) is 0 Å². The third-order valence-corrected chi connectivity index (χ3v) is 9.41. The van der Waals surface area contributed by atoms with Crippen LogP contribution in [0.1, 0.15) is 50.1 Å². The van der Waals surface area contributed by atoms with Crippen molar-refractivity contribution in [3.63, 3.8) is 0 Å². The first kappa shape index (κ1) is 48.1. The van der Waals surface area contributed by atoms with E-state index in [0.717, 1.165) is 67.5 Å². The van der Waals surface area contributed by atoms with Gasteiger partial charge in [0.05, 0.1) is 34.2 Å². The molecule has 9 heterocycles. The van der Waals surface area contributed by atoms with Gasteiger partial charge in [-0.2, -0.15) is 0 Å². The van der Waals surface area contributed by atoms with E-state index < -0.39 is 0 Å². The van der Waals surface area contributed by atoms with Crippen LogP contribution in [0.2, 0.25) is 0 Å². The Morgan fingerprint density at radius 1 is 0.262 bits per heavy atom. The Bertz CT molecular complexity index is 2620. The summed E-state index contributed by atoms with van der Waals surface area (Å²) in [5, 5.41) is 0. The molecule has 0 aliphatic heterocycles. The molecule has 0 N–H and O–H groups in total. The quantitative estimate of drug-likeness (QED) is 0.103. The Kier molecular flexibility index (Phi) is 18.7. The van der Waals surface area contributed by atoms with Gasteiger partial charge in [-0.1, -0.05) is 36.5 Å². The molecule has 322 valence electrons. The van der Waals surface area contributed by atoms with Gasteiger partial charge in [-0.3, -0.25) is 44.9 Å². The van der Waals surface area contributed by atoms with Crippen LogP contribution in [0.3, 0.4) is 0 Å². The van der Waals surface area contributed by atoms with E-state index >= 15 is 0 Å². The maximum Gasteiger partial charge on any atom is 0.0892 e. The average Bonchev–Trinajstić information content (AvgIpc) is 3.34. The zero-order valence-corrected chi connectivity index (χ0v) is 37.8. The molecule has 0 unspecified atom stereocenters. The Morgan fingerprint density at radius 2 is 0.462 bits per heavy atom. The molecule has 0 fully saturated rings. The van der Waals surface area contributed by atoms with Crippen molar-refractivity contribution in [2.45, 2.75) is 20.8 Å². The number of aryl methyl sites for hydroxylation is 3. The van der Waals surface area contributed by atoms with Crippen molar-refractivity contribution >= 4 is 36.5 Å². The minimum Gasteiger partial charge on any atom is -0.358 e. The normalized spacial score (nSPS) is 10.6. The van der Waals surface area contributed by atoms with Crippen LogP contribution < -0.4 is 0 Å². The SMILES string of the molecule is Cc1ccnc(-c2cc(/C=C/c3ccncc3)ccn2)c1.Cc1ccnc(-c2cc(/C=C/c3ccncc3)ccn2)c1.Cc1ccnc(-c2cc(/C=C/c3ccncc3)ccn2)c1.[CH3-].[Fe]. The summed E-state index contributed by atoms with van der Waals surface area (Å²) in [4.78, 5) is 38.4. The summed E-state index contributed by atoms with van der Waals surface area (Å²) >= 11 is 0. The number of pyridine rings is 9. The van der Waals surface area contributed by atoms with Crippen LogP contribution in [0, 0.1) is 28.2 Å². The molecule has 0 aromatic carbocycles. The minimum absolute atomic E-state index is 0. The van der Waals surface area contributed by atoms with Gasteiger partial charge < -0.3 is 7.43 Å². The molecule has 0 aliphatic rings. The molecule has 65 heavy (non-hydrogen) atoms. The van der Waals surface area contributed by atoms with E-state index in [1.165, 1.54) is 16.7 Å². The van der Waals surface area contributed by atoms with Gasteiger partial charge in [0.15, 0.2) is 0 Å². The van der Waals surface area contributed by atoms with E-state index in [2.05, 4.69) is 102 Å². The van der Waals surface area contributed by atoms with E-state index in [4.69, 9.17) is 0 Å². The van der Waals surface area contributed by atoms with Gasteiger partial charge in [0.25, 0.3) is 0 Å². The third-order valence-electron chi connectivity index (χ3n) is 9.41. The van der Waals surface area contributed by atoms with Crippen LogP contribution >= 0.6 is 0 Å². The van der Waals surface area contributed by atoms with Gasteiger partial charge in [0, 0.05) is 91.4 Å². The number of rotatable bonds is 9. The molecule has 0 saturated heterocycles. The Morgan fingerprint density at radius 3 is 0.708 bits per heavy atom. The van der Waals surface area contributed by atoms with Gasteiger partial charge in [-0.15, -0.1) is 0 Å². The number of hydrogen-bond donors (Lipinski definition) is 0. The average molecular weight is 891 g/mol. The standard InChI is InChI=1S/3C18H15N3.CH3.Fe/c3*1-14-4-10-20-17(12-14)18-13-16(7-11-21-18)3-2-15-5-8-19-9-6-15;;/h3*2-13H,1H3;1H3;/q;;;-1;/b3*3-2+;;. The molecular formula is C55H48FeN9-. The second-order valence-electron chi connectivity index (χ2n) is 14.4. The molecule has 10 heteroatoms. The molecule has 0 aliphatic carbocycles. The van der Waals surface area contributed by atoms with Gasteiger partial charge in [-0.25, -0.2) is 0 Å². The maximum atomic E-state index is 4.40. The van der Waals surface area contributed by atoms with Crippen molar-refractivity contribution < 1.29 is 17.1 Å². The monoisotopic (exact) mass is 890 g/mol. The van der Waals surface area contributed by atoms with Gasteiger partial charge >= 0.3 is 0 Å². The van der Waals surface area contributed by atoms with Crippen LogP contribution in [-0.2, 0) is 17.1 Å². The molecule has 0 atom stereocenters. The molecule has 0 amide bonds. The first-order valence-electron chi connectivity index (χ1n) is 20.4. The third kappa shape index (κ3) is 15.4. The zero-order valence-electron chi connectivity index (χ0n) is 36.7. The largest absolute Gasteiger partial charge is 0.358 e. The second kappa shape index (κ2) is 25.3. The molecule has 0 bridgehead atoms. The van der Waals surface area contributed by atoms with Gasteiger partial charge in [0.1, 0.15) is 0 Å². The second-order valence-corrected chi connectivity index (χ2v) is 14.4. The molecule has 0 radical (unpaired) electrons. The van der Waals surface area contributed by atoms with Crippen molar-refractivity contribution in [1.82, 2.24) is 44.9 Å². The Hall–Kier alpha value is -7.91. The first-order valence-corrected chi connectivity index (χ1v) is 20.4. The summed E-state index contributed by atoms with van der Waals surface area (Å²) in [5.41, 5.74) is 15.5. The molecule has 9 aromatic rings. The van der Waals surface area contributed by atoms with Crippen LogP contribution in [-0.4, -0.2) is 44.9 Å². The summed E-state index contributed by atoms with van der Waals surface area (Å²) < 4.78 is 0. The van der Waals surface area contributed by atoms with Crippen LogP contribution in [0.5, 0.6) is 0 Å². The van der Waals surface area contributed by atoms with E-state index in [1.807, 2.05) is 146 Å². The van der Waals surface area contributed by atoms with Crippen molar-refractivity contribution in [3.8, 4) is 34.2 Å². The summed E-state index contributed by atoms with van der Waals surface area (Å²) in [6.45, 7) is 6.16.